The van der Waals surface area contributed by atoms with Crippen molar-refractivity contribution in [3.05, 3.63) is 53.3 Å². The number of hydrogen-bond acceptors (Lipinski definition) is 3. The van der Waals surface area contributed by atoms with Crippen LogP contribution < -0.4 is 0 Å². The molecule has 2 aromatic rings. The van der Waals surface area contributed by atoms with Gasteiger partial charge in [-0.25, -0.2) is 0 Å². The molecule has 0 N–H and O–H groups in total. The zero-order valence-electron chi connectivity index (χ0n) is 19.3. The zero-order valence-corrected chi connectivity index (χ0v) is 19.3. The maximum Gasteiger partial charge on any atom is 0.272 e. The molecule has 1 saturated heterocycles. The van der Waals surface area contributed by atoms with E-state index in [9.17, 15) is 4.79 Å². The van der Waals surface area contributed by atoms with Gasteiger partial charge in [0.05, 0.1) is 5.69 Å². The van der Waals surface area contributed by atoms with Gasteiger partial charge in [0.1, 0.15) is 5.69 Å². The van der Waals surface area contributed by atoms with Crippen LogP contribution >= 0.6 is 0 Å². The van der Waals surface area contributed by atoms with Gasteiger partial charge in [-0.15, -0.1) is 0 Å². The minimum absolute atomic E-state index is 0.0706. The fraction of sp³-hybridized carbons (Fsp3) is 0.600. The first-order chi connectivity index (χ1) is 14.3. The van der Waals surface area contributed by atoms with E-state index < -0.39 is 0 Å². The normalized spacial score (nSPS) is 16.7. The number of rotatable bonds is 8. The van der Waals surface area contributed by atoms with Crippen molar-refractivity contribution in [3.8, 4) is 0 Å². The molecule has 0 unspecified atom stereocenters. The van der Waals surface area contributed by atoms with Crippen molar-refractivity contribution in [2.24, 2.45) is 18.9 Å². The second-order valence-corrected chi connectivity index (χ2v) is 9.33. The number of hydrogen-bond donors (Lipinski definition) is 0. The highest BCUT2D eigenvalue weighted by Gasteiger charge is 2.32. The van der Waals surface area contributed by atoms with Crippen molar-refractivity contribution in [2.45, 2.75) is 52.5 Å². The lowest BCUT2D eigenvalue weighted by molar-refractivity contribution is 0.0577. The van der Waals surface area contributed by atoms with Gasteiger partial charge in [-0.2, -0.15) is 5.10 Å². The van der Waals surface area contributed by atoms with E-state index in [4.69, 9.17) is 0 Å². The molecule has 30 heavy (non-hydrogen) atoms. The Balaban J connectivity index is 1.74. The van der Waals surface area contributed by atoms with E-state index in [1.807, 2.05) is 32.0 Å². The van der Waals surface area contributed by atoms with Gasteiger partial charge >= 0.3 is 0 Å². The van der Waals surface area contributed by atoms with Crippen LogP contribution in [0.3, 0.4) is 0 Å². The fourth-order valence-corrected chi connectivity index (χ4v) is 4.62. The maximum absolute atomic E-state index is 13.3. The Hall–Kier alpha value is -2.14. The van der Waals surface area contributed by atoms with Crippen LogP contribution in [0.5, 0.6) is 0 Å². The molecule has 1 aliphatic rings. The number of aromatic nitrogens is 2. The third kappa shape index (κ3) is 5.72. The topological polar surface area (TPSA) is 41.4 Å². The molecule has 0 aliphatic carbocycles. The molecule has 1 atom stereocenters. The summed E-state index contributed by atoms with van der Waals surface area (Å²) in [6.07, 6.45) is 4.46. The first-order valence-electron chi connectivity index (χ1n) is 11.4. The molecule has 0 saturated carbocycles. The lowest BCUT2D eigenvalue weighted by Gasteiger charge is -2.40. The van der Waals surface area contributed by atoms with Crippen molar-refractivity contribution in [3.63, 3.8) is 0 Å². The summed E-state index contributed by atoms with van der Waals surface area (Å²) >= 11 is 0. The molecule has 1 aliphatic heterocycles. The van der Waals surface area contributed by atoms with Crippen LogP contribution in [0, 0.1) is 18.8 Å². The van der Waals surface area contributed by atoms with E-state index in [1.165, 1.54) is 18.5 Å². The minimum atomic E-state index is 0.0706. The highest BCUT2D eigenvalue weighted by molar-refractivity contribution is 5.92. The second kappa shape index (κ2) is 10.3. The summed E-state index contributed by atoms with van der Waals surface area (Å²) in [6, 6.07) is 12.7. The van der Waals surface area contributed by atoms with Crippen molar-refractivity contribution in [2.75, 3.05) is 26.7 Å². The average molecular weight is 411 g/mol. The number of amides is 1. The Kier molecular flexibility index (Phi) is 7.70. The highest BCUT2D eigenvalue weighted by atomic mass is 16.2. The van der Waals surface area contributed by atoms with E-state index in [2.05, 4.69) is 54.2 Å². The molecule has 1 aromatic heterocycles. The van der Waals surface area contributed by atoms with Crippen LogP contribution in [0.1, 0.15) is 54.9 Å². The van der Waals surface area contributed by atoms with Gasteiger partial charge in [0.25, 0.3) is 5.91 Å². The van der Waals surface area contributed by atoms with Crippen LogP contribution in [-0.2, 0) is 13.5 Å². The molecule has 0 bridgehead atoms. The summed E-state index contributed by atoms with van der Waals surface area (Å²) in [5, 5.41) is 4.38. The van der Waals surface area contributed by atoms with Crippen molar-refractivity contribution < 1.29 is 4.79 Å². The summed E-state index contributed by atoms with van der Waals surface area (Å²) in [5.74, 6) is 1.34. The molecule has 0 radical (unpaired) electrons. The third-order valence-corrected chi connectivity index (χ3v) is 6.53. The van der Waals surface area contributed by atoms with E-state index in [0.717, 1.165) is 44.0 Å². The summed E-state index contributed by atoms with van der Waals surface area (Å²) in [4.78, 5) is 17.9. The number of aryl methyl sites for hydroxylation is 2. The molecule has 1 fully saturated rings. The quantitative estimate of drug-likeness (QED) is 0.656. The SMILES string of the molecule is Cc1cc(C(=O)N(C)[C@@H](Cc2ccccc2)C2CCN(CCC(C)C)CC2)n(C)n1. The zero-order chi connectivity index (χ0) is 21.7. The Morgan fingerprint density at radius 3 is 2.43 bits per heavy atom. The first-order valence-corrected chi connectivity index (χ1v) is 11.4. The van der Waals surface area contributed by atoms with E-state index in [0.29, 0.717) is 11.6 Å². The molecule has 3 rings (SSSR count). The third-order valence-electron chi connectivity index (χ3n) is 6.53. The largest absolute Gasteiger partial charge is 0.337 e. The second-order valence-electron chi connectivity index (χ2n) is 9.33. The maximum atomic E-state index is 13.3. The van der Waals surface area contributed by atoms with E-state index in [-0.39, 0.29) is 11.9 Å². The summed E-state index contributed by atoms with van der Waals surface area (Å²) in [7, 11) is 3.83. The number of benzene rings is 1. The smallest absolute Gasteiger partial charge is 0.272 e. The fourth-order valence-electron chi connectivity index (χ4n) is 4.62. The van der Waals surface area contributed by atoms with Crippen LogP contribution in [0.25, 0.3) is 0 Å². The molecule has 2 heterocycles. The first kappa shape index (κ1) is 22.5. The molecule has 5 heteroatoms. The molecule has 0 spiro atoms. The van der Waals surface area contributed by atoms with Gasteiger partial charge in [0, 0.05) is 20.1 Å². The van der Waals surface area contributed by atoms with Gasteiger partial charge in [0.2, 0.25) is 0 Å². The predicted octanol–water partition coefficient (Wildman–Crippen LogP) is 4.17. The Morgan fingerprint density at radius 2 is 1.87 bits per heavy atom. The van der Waals surface area contributed by atoms with Crippen LogP contribution in [0.4, 0.5) is 0 Å². The Morgan fingerprint density at radius 1 is 1.20 bits per heavy atom. The summed E-state index contributed by atoms with van der Waals surface area (Å²) in [5.41, 5.74) is 2.85. The van der Waals surface area contributed by atoms with E-state index in [1.54, 1.807) is 4.68 Å². The number of nitrogens with zero attached hydrogens (tertiary/aromatic N) is 4. The van der Waals surface area contributed by atoms with Crippen LogP contribution in [0.2, 0.25) is 0 Å². The van der Waals surface area contributed by atoms with Gasteiger partial charge < -0.3 is 9.80 Å². The molecular weight excluding hydrogens is 372 g/mol. The lowest BCUT2D eigenvalue weighted by Crippen LogP contribution is -2.48. The lowest BCUT2D eigenvalue weighted by atomic mass is 9.84. The Labute approximate surface area is 182 Å². The average Bonchev–Trinajstić information content (AvgIpc) is 3.08. The standard InChI is InChI=1S/C25H38N4O/c1-19(2)11-14-29-15-12-22(13-16-29)23(18-21-9-7-6-8-10-21)27(4)25(30)24-17-20(3)26-28(24)5/h6-10,17,19,22-23H,11-16,18H2,1-5H3/t23-/m0/s1. The van der Waals surface area contributed by atoms with Crippen molar-refractivity contribution >= 4 is 5.91 Å². The van der Waals surface area contributed by atoms with Gasteiger partial charge in [-0.05, 0) is 75.7 Å². The summed E-state index contributed by atoms with van der Waals surface area (Å²) in [6.45, 7) is 9.99. The predicted molar refractivity (Wildman–Crippen MR) is 123 cm³/mol. The monoisotopic (exact) mass is 410 g/mol. The Bertz CT molecular complexity index is 806. The molecule has 1 amide bonds. The van der Waals surface area contributed by atoms with E-state index >= 15 is 0 Å². The number of likely N-dealkylation sites (tertiary alicyclic amines) is 1. The van der Waals surface area contributed by atoms with Crippen LogP contribution in [0.15, 0.2) is 36.4 Å². The minimum Gasteiger partial charge on any atom is -0.337 e. The van der Waals surface area contributed by atoms with Gasteiger partial charge in [-0.3, -0.25) is 9.48 Å². The number of likely N-dealkylation sites (N-methyl/N-ethyl adjacent to an activating group) is 1. The summed E-state index contributed by atoms with van der Waals surface area (Å²) < 4.78 is 1.71. The highest BCUT2D eigenvalue weighted by Crippen LogP contribution is 2.27. The number of carbonyl (C=O) groups excluding carboxylic acids is 1. The molecule has 5 nitrogen and oxygen atoms in total. The molecule has 164 valence electrons. The van der Waals surface area contributed by atoms with Crippen LogP contribution in [-0.4, -0.2) is 58.2 Å². The van der Waals surface area contributed by atoms with Crippen molar-refractivity contribution in [1.82, 2.24) is 19.6 Å². The van der Waals surface area contributed by atoms with Gasteiger partial charge in [-0.1, -0.05) is 44.2 Å². The van der Waals surface area contributed by atoms with Gasteiger partial charge in [0.15, 0.2) is 0 Å². The molecule has 1 aromatic carbocycles. The number of carbonyl (C=O) groups is 1. The van der Waals surface area contributed by atoms with Crippen molar-refractivity contribution in [1.29, 1.82) is 0 Å². The molecular formula is C25H38N4O. The number of piperidine rings is 1.